The Labute approximate surface area is 124 Å². The van der Waals surface area contributed by atoms with Crippen molar-refractivity contribution in [3.8, 4) is 11.5 Å². The SMILES string of the molecule is Cc1ccc(CN)cc1Oc1ccc(Br)cc1[N+](=O)[O-]. The highest BCUT2D eigenvalue weighted by Crippen LogP contribution is 2.35. The summed E-state index contributed by atoms with van der Waals surface area (Å²) in [4.78, 5) is 10.6. The monoisotopic (exact) mass is 336 g/mol. The van der Waals surface area contributed by atoms with Crippen molar-refractivity contribution in [1.82, 2.24) is 0 Å². The smallest absolute Gasteiger partial charge is 0.312 e. The molecule has 0 spiro atoms. The number of halogens is 1. The van der Waals surface area contributed by atoms with Gasteiger partial charge in [-0.1, -0.05) is 28.1 Å². The van der Waals surface area contributed by atoms with E-state index in [0.717, 1.165) is 11.1 Å². The van der Waals surface area contributed by atoms with Crippen LogP contribution in [0.3, 0.4) is 0 Å². The van der Waals surface area contributed by atoms with E-state index in [4.69, 9.17) is 10.5 Å². The van der Waals surface area contributed by atoms with Crippen LogP contribution in [0.1, 0.15) is 11.1 Å². The molecule has 20 heavy (non-hydrogen) atoms. The van der Waals surface area contributed by atoms with Crippen molar-refractivity contribution < 1.29 is 9.66 Å². The Morgan fingerprint density at radius 1 is 1.25 bits per heavy atom. The summed E-state index contributed by atoms with van der Waals surface area (Å²) >= 11 is 3.21. The zero-order chi connectivity index (χ0) is 14.7. The van der Waals surface area contributed by atoms with Gasteiger partial charge in [0.2, 0.25) is 5.75 Å². The van der Waals surface area contributed by atoms with Gasteiger partial charge in [0, 0.05) is 17.1 Å². The molecule has 6 heteroatoms. The zero-order valence-corrected chi connectivity index (χ0v) is 12.4. The summed E-state index contributed by atoms with van der Waals surface area (Å²) in [5.41, 5.74) is 7.30. The minimum Gasteiger partial charge on any atom is -0.450 e. The molecule has 0 unspecified atom stereocenters. The molecule has 2 rings (SSSR count). The first-order valence-corrected chi connectivity index (χ1v) is 6.72. The van der Waals surface area contributed by atoms with Gasteiger partial charge in [-0.05, 0) is 36.2 Å². The van der Waals surface area contributed by atoms with Gasteiger partial charge in [0.05, 0.1) is 4.92 Å². The third-order valence-corrected chi connectivity index (χ3v) is 3.32. The van der Waals surface area contributed by atoms with Crippen molar-refractivity contribution in [3.63, 3.8) is 0 Å². The van der Waals surface area contributed by atoms with Gasteiger partial charge in [-0.3, -0.25) is 10.1 Å². The van der Waals surface area contributed by atoms with Gasteiger partial charge in [0.1, 0.15) is 5.75 Å². The predicted octanol–water partition coefficient (Wildman–Crippen LogP) is 3.92. The van der Waals surface area contributed by atoms with Gasteiger partial charge in [-0.15, -0.1) is 0 Å². The van der Waals surface area contributed by atoms with Gasteiger partial charge in [-0.25, -0.2) is 0 Å². The number of nitro benzene ring substituents is 1. The van der Waals surface area contributed by atoms with Crippen LogP contribution in [-0.4, -0.2) is 4.92 Å². The summed E-state index contributed by atoms with van der Waals surface area (Å²) in [6, 6.07) is 10.3. The van der Waals surface area contributed by atoms with Crippen LogP contribution in [-0.2, 0) is 6.54 Å². The van der Waals surface area contributed by atoms with Gasteiger partial charge in [0.15, 0.2) is 0 Å². The Bertz CT molecular complexity index is 659. The fraction of sp³-hybridized carbons (Fsp3) is 0.143. The fourth-order valence-corrected chi connectivity index (χ4v) is 2.07. The molecule has 0 saturated heterocycles. The third kappa shape index (κ3) is 3.15. The van der Waals surface area contributed by atoms with Crippen molar-refractivity contribution in [2.45, 2.75) is 13.5 Å². The van der Waals surface area contributed by atoms with E-state index in [9.17, 15) is 10.1 Å². The highest BCUT2D eigenvalue weighted by molar-refractivity contribution is 9.10. The van der Waals surface area contributed by atoms with Crippen LogP contribution in [0.15, 0.2) is 40.9 Å². The first kappa shape index (κ1) is 14.5. The molecule has 0 aliphatic rings. The molecule has 2 aromatic rings. The molecule has 0 aromatic heterocycles. The van der Waals surface area contributed by atoms with Crippen molar-refractivity contribution in [2.24, 2.45) is 5.73 Å². The number of nitrogens with zero attached hydrogens (tertiary/aromatic N) is 1. The number of benzene rings is 2. The van der Waals surface area contributed by atoms with Gasteiger partial charge in [0.25, 0.3) is 0 Å². The quantitative estimate of drug-likeness (QED) is 0.677. The lowest BCUT2D eigenvalue weighted by atomic mass is 10.1. The molecular formula is C14H13BrN2O3. The molecule has 0 fully saturated rings. The van der Waals surface area contributed by atoms with Gasteiger partial charge in [-0.2, -0.15) is 0 Å². The Balaban J connectivity index is 2.42. The second kappa shape index (κ2) is 6.02. The Morgan fingerprint density at radius 3 is 2.65 bits per heavy atom. The molecule has 0 atom stereocenters. The molecule has 0 radical (unpaired) electrons. The highest BCUT2D eigenvalue weighted by atomic mass is 79.9. The number of rotatable bonds is 4. The number of ether oxygens (including phenoxy) is 1. The third-order valence-electron chi connectivity index (χ3n) is 2.83. The molecular weight excluding hydrogens is 324 g/mol. The summed E-state index contributed by atoms with van der Waals surface area (Å²) < 4.78 is 6.31. The van der Waals surface area contributed by atoms with E-state index in [1.165, 1.54) is 6.07 Å². The topological polar surface area (TPSA) is 78.4 Å². The number of hydrogen-bond acceptors (Lipinski definition) is 4. The first-order valence-electron chi connectivity index (χ1n) is 5.92. The lowest BCUT2D eigenvalue weighted by molar-refractivity contribution is -0.385. The second-order valence-electron chi connectivity index (χ2n) is 4.28. The molecule has 0 bridgehead atoms. The minimum absolute atomic E-state index is 0.0862. The molecule has 0 aliphatic heterocycles. The van der Waals surface area contributed by atoms with Crippen molar-refractivity contribution in [2.75, 3.05) is 0 Å². The number of hydrogen-bond donors (Lipinski definition) is 1. The van der Waals surface area contributed by atoms with E-state index in [-0.39, 0.29) is 11.4 Å². The summed E-state index contributed by atoms with van der Waals surface area (Å²) in [5, 5.41) is 11.1. The summed E-state index contributed by atoms with van der Waals surface area (Å²) in [7, 11) is 0. The lowest BCUT2D eigenvalue weighted by Gasteiger charge is -2.10. The minimum atomic E-state index is -0.470. The maximum Gasteiger partial charge on any atom is 0.312 e. The normalized spacial score (nSPS) is 10.3. The van der Waals surface area contributed by atoms with E-state index < -0.39 is 4.92 Å². The van der Waals surface area contributed by atoms with Crippen LogP contribution < -0.4 is 10.5 Å². The zero-order valence-electron chi connectivity index (χ0n) is 10.8. The maximum absolute atomic E-state index is 11.1. The molecule has 104 valence electrons. The first-order chi connectivity index (χ1) is 9.51. The van der Waals surface area contributed by atoms with Crippen molar-refractivity contribution in [1.29, 1.82) is 0 Å². The standard InChI is InChI=1S/C14H13BrN2O3/c1-9-2-3-10(8-16)6-14(9)20-13-5-4-11(15)7-12(13)17(18)19/h2-7H,8,16H2,1H3. The van der Waals surface area contributed by atoms with Crippen LogP contribution >= 0.6 is 15.9 Å². The Morgan fingerprint density at radius 2 is 2.00 bits per heavy atom. The average molecular weight is 337 g/mol. The van der Waals surface area contributed by atoms with Gasteiger partial charge < -0.3 is 10.5 Å². The van der Waals surface area contributed by atoms with E-state index in [1.807, 2.05) is 19.1 Å². The van der Waals surface area contributed by atoms with Crippen LogP contribution in [0.4, 0.5) is 5.69 Å². The van der Waals surface area contributed by atoms with E-state index in [2.05, 4.69) is 15.9 Å². The van der Waals surface area contributed by atoms with Crippen molar-refractivity contribution in [3.05, 3.63) is 62.1 Å². The van der Waals surface area contributed by atoms with Crippen molar-refractivity contribution >= 4 is 21.6 Å². The molecule has 0 saturated carbocycles. The summed E-state index contributed by atoms with van der Waals surface area (Å²) in [6.45, 7) is 2.26. The maximum atomic E-state index is 11.1. The highest BCUT2D eigenvalue weighted by Gasteiger charge is 2.17. The summed E-state index contributed by atoms with van der Waals surface area (Å²) in [6.07, 6.45) is 0. The molecule has 5 nitrogen and oxygen atoms in total. The van der Waals surface area contributed by atoms with E-state index in [1.54, 1.807) is 18.2 Å². The van der Waals surface area contributed by atoms with Crippen LogP contribution in [0.25, 0.3) is 0 Å². The molecule has 0 amide bonds. The molecule has 2 N–H and O–H groups in total. The average Bonchev–Trinajstić information content (AvgIpc) is 2.42. The number of aryl methyl sites for hydroxylation is 1. The number of nitro groups is 1. The van der Waals surface area contributed by atoms with Gasteiger partial charge >= 0.3 is 5.69 Å². The predicted molar refractivity (Wildman–Crippen MR) is 79.9 cm³/mol. The Hall–Kier alpha value is -1.92. The number of nitrogens with two attached hydrogens (primary N) is 1. The fourth-order valence-electron chi connectivity index (χ4n) is 1.72. The lowest BCUT2D eigenvalue weighted by Crippen LogP contribution is -1.98. The van der Waals surface area contributed by atoms with E-state index >= 15 is 0 Å². The van der Waals surface area contributed by atoms with Crippen LogP contribution in [0, 0.1) is 17.0 Å². The summed E-state index contributed by atoms with van der Waals surface area (Å²) in [5.74, 6) is 0.772. The Kier molecular flexibility index (Phi) is 4.36. The second-order valence-corrected chi connectivity index (χ2v) is 5.19. The van der Waals surface area contributed by atoms with E-state index in [0.29, 0.717) is 16.8 Å². The molecule has 0 aliphatic carbocycles. The van der Waals surface area contributed by atoms with Crippen LogP contribution in [0.2, 0.25) is 0 Å². The molecule has 2 aromatic carbocycles. The molecule has 0 heterocycles. The van der Waals surface area contributed by atoms with Crippen LogP contribution in [0.5, 0.6) is 11.5 Å². The largest absolute Gasteiger partial charge is 0.450 e.